The highest BCUT2D eigenvalue weighted by Crippen LogP contribution is 2.46. The van der Waals surface area contributed by atoms with E-state index in [1.54, 1.807) is 50.2 Å². The molecule has 0 saturated carbocycles. The monoisotopic (exact) mass is 1340 g/mol. The number of halogens is 1. The molecule has 4 aliphatic heterocycles. The van der Waals surface area contributed by atoms with E-state index in [0.717, 1.165) is 17.1 Å². The molecule has 0 spiro atoms. The molecular weight excluding hydrogens is 1260 g/mol. The van der Waals surface area contributed by atoms with E-state index in [1.165, 1.54) is 10.6 Å². The SMILES string of the molecule is CC[C@@]1(O)C(=O)OCc2c1cc1n(c2=O)Cc2c-1nc1cc(F)c(C)c3c1c2[C@@H](NC(=O)COCNC(=O)CNC(=O)[C@H](Cc1ccccc1)NC(=O)CNC(=O)CC(CCCCNC(=O)C[C@@H]1O[C@H](CO)[C@@H](O)[C@H]1O)(NC(=O)CCCCCN1C(=O)C=CC1=O)C(N)=O)CC3. The lowest BCUT2D eigenvalue weighted by atomic mass is 9.81. The number of imide groups is 1. The van der Waals surface area contributed by atoms with Crippen LogP contribution in [0.3, 0.4) is 0 Å². The maximum absolute atomic E-state index is 15.5. The summed E-state index contributed by atoms with van der Waals surface area (Å²) < 4.78 is 33.0. The first kappa shape index (κ1) is 70.9. The van der Waals surface area contributed by atoms with Gasteiger partial charge in [0.25, 0.3) is 17.4 Å². The Labute approximate surface area is 548 Å². The molecule has 0 bridgehead atoms. The van der Waals surface area contributed by atoms with Gasteiger partial charge in [-0.25, -0.2) is 14.2 Å². The molecule has 31 heteroatoms. The Morgan fingerprint density at radius 2 is 1.57 bits per heavy atom. The highest BCUT2D eigenvalue weighted by Gasteiger charge is 2.47. The maximum Gasteiger partial charge on any atom is 0.343 e. The zero-order valence-electron chi connectivity index (χ0n) is 52.9. The van der Waals surface area contributed by atoms with Crippen molar-refractivity contribution in [2.75, 3.05) is 46.1 Å². The molecule has 10 amide bonds. The van der Waals surface area contributed by atoms with E-state index < -0.39 is 164 Å². The molecule has 2 aromatic heterocycles. The Kier molecular flexibility index (Phi) is 22.9. The fourth-order valence-electron chi connectivity index (χ4n) is 12.7. The number of aromatic nitrogens is 2. The molecule has 96 heavy (non-hydrogen) atoms. The van der Waals surface area contributed by atoms with Gasteiger partial charge in [0, 0.05) is 60.7 Å². The average molecular weight is 1340 g/mol. The number of nitrogens with zero attached hydrogens (tertiary/aromatic N) is 3. The van der Waals surface area contributed by atoms with Gasteiger partial charge in [-0.05, 0) is 86.6 Å². The number of nitrogens with two attached hydrogens (primary N) is 1. The fraction of sp³-hybridized carbons (Fsp3) is 0.492. The molecule has 514 valence electrons. The number of aliphatic hydroxyl groups is 4. The number of hydrogen-bond donors (Lipinski definition) is 12. The van der Waals surface area contributed by atoms with Gasteiger partial charge in [-0.1, -0.05) is 43.7 Å². The number of rotatable bonds is 32. The summed E-state index contributed by atoms with van der Waals surface area (Å²) in [5.41, 5.74) is 5.33. The molecule has 1 fully saturated rings. The minimum absolute atomic E-state index is 0.0166. The first-order valence-electron chi connectivity index (χ1n) is 31.7. The van der Waals surface area contributed by atoms with Crippen molar-refractivity contribution in [3.05, 3.63) is 110 Å². The molecule has 1 unspecified atom stereocenters. The van der Waals surface area contributed by atoms with Gasteiger partial charge in [0.05, 0.1) is 73.7 Å². The Balaban J connectivity index is 0.769. The Hall–Kier alpha value is -9.40. The second-order valence-corrected chi connectivity index (χ2v) is 24.4. The first-order valence-corrected chi connectivity index (χ1v) is 31.7. The number of pyridine rings is 2. The smallest absolute Gasteiger partial charge is 0.343 e. The lowest BCUT2D eigenvalue weighted by molar-refractivity contribution is -0.172. The highest BCUT2D eigenvalue weighted by atomic mass is 19.1. The lowest BCUT2D eigenvalue weighted by Gasteiger charge is -2.31. The Bertz CT molecular complexity index is 3810. The number of nitrogens with one attached hydrogen (secondary N) is 7. The van der Waals surface area contributed by atoms with E-state index in [0.29, 0.717) is 70.3 Å². The summed E-state index contributed by atoms with van der Waals surface area (Å²) in [6, 6.07) is 9.35. The van der Waals surface area contributed by atoms with Crippen molar-refractivity contribution in [2.24, 2.45) is 5.73 Å². The van der Waals surface area contributed by atoms with E-state index in [9.17, 15) is 78.0 Å². The molecular formula is C65H78FN11O19. The van der Waals surface area contributed by atoms with Gasteiger partial charge in [0.2, 0.25) is 47.3 Å². The molecule has 9 rings (SSSR count). The van der Waals surface area contributed by atoms with Crippen LogP contribution >= 0.6 is 0 Å². The van der Waals surface area contributed by atoms with Crippen LogP contribution in [0.4, 0.5) is 4.39 Å². The van der Waals surface area contributed by atoms with Crippen LogP contribution in [0.2, 0.25) is 0 Å². The minimum Gasteiger partial charge on any atom is -0.458 e. The van der Waals surface area contributed by atoms with E-state index in [2.05, 4.69) is 37.2 Å². The van der Waals surface area contributed by atoms with E-state index in [-0.39, 0.29) is 94.3 Å². The third-order valence-electron chi connectivity index (χ3n) is 18.0. The van der Waals surface area contributed by atoms with Gasteiger partial charge in [0.15, 0.2) is 5.60 Å². The normalized spacial score (nSPS) is 20.7. The fourth-order valence-corrected chi connectivity index (χ4v) is 12.7. The molecule has 8 atom stereocenters. The number of aliphatic hydroxyl groups excluding tert-OH is 3. The summed E-state index contributed by atoms with van der Waals surface area (Å²) in [4.78, 5) is 164. The largest absolute Gasteiger partial charge is 0.458 e. The van der Waals surface area contributed by atoms with Gasteiger partial charge in [-0.2, -0.15) is 0 Å². The van der Waals surface area contributed by atoms with Crippen LogP contribution in [-0.4, -0.2) is 182 Å². The van der Waals surface area contributed by atoms with Crippen molar-refractivity contribution >= 4 is 75.9 Å². The summed E-state index contributed by atoms with van der Waals surface area (Å²) in [5, 5.41) is 59.8. The third kappa shape index (κ3) is 15.9. The van der Waals surface area contributed by atoms with Crippen molar-refractivity contribution in [1.82, 2.24) is 51.7 Å². The number of aryl methyl sites for hydroxylation is 1. The molecule has 1 aliphatic carbocycles. The maximum atomic E-state index is 15.5. The van der Waals surface area contributed by atoms with Crippen LogP contribution < -0.4 is 48.5 Å². The van der Waals surface area contributed by atoms with Gasteiger partial charge in [-0.3, -0.25) is 57.6 Å². The highest BCUT2D eigenvalue weighted by molar-refractivity contribution is 6.13. The number of hydrogen-bond acceptors (Lipinski definition) is 20. The average Bonchev–Trinajstić information content (AvgIpc) is 1.48. The predicted molar refractivity (Wildman–Crippen MR) is 334 cm³/mol. The van der Waals surface area contributed by atoms with Crippen molar-refractivity contribution in [2.45, 2.75) is 158 Å². The number of fused-ring (bicyclic) bond motifs is 5. The van der Waals surface area contributed by atoms with Gasteiger partial charge < -0.3 is 82.2 Å². The third-order valence-corrected chi connectivity index (χ3v) is 18.0. The quantitative estimate of drug-likeness (QED) is 0.00964. The van der Waals surface area contributed by atoms with Crippen LogP contribution in [0.5, 0.6) is 0 Å². The van der Waals surface area contributed by atoms with Crippen molar-refractivity contribution in [3.8, 4) is 11.4 Å². The van der Waals surface area contributed by atoms with Crippen LogP contribution in [0.15, 0.2) is 59.4 Å². The Morgan fingerprint density at radius 3 is 2.28 bits per heavy atom. The van der Waals surface area contributed by atoms with Crippen LogP contribution in [0.1, 0.15) is 123 Å². The predicted octanol–water partition coefficient (Wildman–Crippen LogP) is -1.95. The number of carbonyl (C=O) groups is 11. The molecule has 4 aromatic rings. The van der Waals surface area contributed by atoms with Gasteiger partial charge in [-0.15, -0.1) is 0 Å². The number of cyclic esters (lactones) is 1. The zero-order valence-corrected chi connectivity index (χ0v) is 52.9. The number of benzene rings is 2. The summed E-state index contributed by atoms with van der Waals surface area (Å²) in [6.07, 6.45) is -2.31. The van der Waals surface area contributed by atoms with E-state index in [1.807, 2.05) is 0 Å². The minimum atomic E-state index is -2.08. The molecule has 13 N–H and O–H groups in total. The summed E-state index contributed by atoms with van der Waals surface area (Å²) in [7, 11) is 0. The second kappa shape index (κ2) is 31.0. The number of unbranched alkanes of at least 4 members (excludes halogenated alkanes) is 3. The van der Waals surface area contributed by atoms with Crippen LogP contribution in [0.25, 0.3) is 22.3 Å². The first-order chi connectivity index (χ1) is 45.9. The lowest BCUT2D eigenvalue weighted by Crippen LogP contribution is -2.60. The topological polar surface area (TPSA) is 445 Å². The zero-order chi connectivity index (χ0) is 69.2. The van der Waals surface area contributed by atoms with Crippen molar-refractivity contribution in [1.29, 1.82) is 0 Å². The molecule has 2 aromatic carbocycles. The summed E-state index contributed by atoms with van der Waals surface area (Å²) in [6.45, 7) is 0.0784. The van der Waals surface area contributed by atoms with Crippen molar-refractivity contribution < 1.29 is 91.8 Å². The molecule has 6 heterocycles. The summed E-state index contributed by atoms with van der Waals surface area (Å²) in [5.74, 6) is -8.56. The number of ether oxygens (including phenoxy) is 3. The number of amides is 10. The van der Waals surface area contributed by atoms with Crippen LogP contribution in [-0.2, 0) is 98.5 Å². The molecule has 5 aliphatic rings. The second-order valence-electron chi connectivity index (χ2n) is 24.4. The van der Waals surface area contributed by atoms with E-state index >= 15 is 4.39 Å². The van der Waals surface area contributed by atoms with Gasteiger partial charge in [0.1, 0.15) is 55.7 Å². The van der Waals surface area contributed by atoms with Crippen molar-refractivity contribution in [3.63, 3.8) is 0 Å². The van der Waals surface area contributed by atoms with E-state index in [4.69, 9.17) is 24.9 Å². The number of primary amides is 1. The molecule has 1 saturated heterocycles. The van der Waals surface area contributed by atoms with Gasteiger partial charge >= 0.3 is 5.97 Å². The molecule has 30 nitrogen and oxygen atoms in total. The summed E-state index contributed by atoms with van der Waals surface area (Å²) >= 11 is 0. The standard InChI is InChI=1S/C65H78FN11O19/c1-3-65(93)39-23-44-57-37(29-77(44)61(90)38(39)31-95-63(65)92)56-41(16-15-36-34(2)40(66)24-42(74-57)55(36)56)72-52(84)32-94-33-71-50(82)27-70-60(89)43(22-35-12-6-4-7-13-35)73-51(83)28-69-49(81)26-64(62(67)91,75-47(79)14-8-5-11-21-76-53(85)17-18-54(76)86)19-9-10-20-68-48(80)25-45-58(87)59(88)46(30-78)96-45/h4,6-7,12-13,17-18,23-24,41,43,45-46,58-59,78,87-88,93H,3,5,8-11,14-16,19-22,25-33H2,1-2H3,(H2,67,91)(H,68,80)(H,69,81)(H,70,89)(H,71,82)(H,72,84)(H,73,83)(H,75,79)/t41-,43-,45-,46+,58-,59+,64?,65-/m0/s1. The van der Waals surface area contributed by atoms with Crippen LogP contribution in [0, 0.1) is 12.7 Å². The molecule has 0 radical (unpaired) electrons. The number of esters is 1. The number of carbonyl (C=O) groups excluding carboxylic acids is 11. The Morgan fingerprint density at radius 1 is 0.844 bits per heavy atom.